The maximum atomic E-state index is 12.6. The molecule has 0 bridgehead atoms. The van der Waals surface area contributed by atoms with Crippen LogP contribution in [0, 0.1) is 0 Å². The molecule has 0 unspecified atom stereocenters. The first-order valence-corrected chi connectivity index (χ1v) is 8.57. The number of fused-ring (bicyclic) bond motifs is 1. The third kappa shape index (κ3) is 3.32. The predicted octanol–water partition coefficient (Wildman–Crippen LogP) is 4.11. The number of halogens is 1. The number of thioether (sulfide) groups is 1. The summed E-state index contributed by atoms with van der Waals surface area (Å²) in [5.74, 6) is -0.324. The minimum absolute atomic E-state index is 0.0610. The van der Waals surface area contributed by atoms with E-state index in [9.17, 15) is 9.59 Å². The van der Waals surface area contributed by atoms with Crippen molar-refractivity contribution in [2.75, 3.05) is 12.9 Å². The lowest BCUT2D eigenvalue weighted by Gasteiger charge is -2.12. The zero-order chi connectivity index (χ0) is 17.1. The van der Waals surface area contributed by atoms with E-state index in [2.05, 4.69) is 9.72 Å². The Hall–Kier alpha value is -2.24. The summed E-state index contributed by atoms with van der Waals surface area (Å²) >= 11 is 7.31. The zero-order valence-corrected chi connectivity index (χ0v) is 14.4. The van der Waals surface area contributed by atoms with Crippen molar-refractivity contribution in [1.29, 1.82) is 0 Å². The normalized spacial score (nSPS) is 10.8. The number of esters is 1. The molecular weight excluding hydrogens is 346 g/mol. The molecule has 0 saturated heterocycles. The van der Waals surface area contributed by atoms with E-state index in [1.54, 1.807) is 12.1 Å². The molecule has 0 aliphatic heterocycles. The summed E-state index contributed by atoms with van der Waals surface area (Å²) in [7, 11) is 1.32. The Balaban J connectivity index is 2.27. The summed E-state index contributed by atoms with van der Waals surface area (Å²) in [4.78, 5) is 27.4. The first-order chi connectivity index (χ1) is 11.6. The smallest absolute Gasteiger partial charge is 0.315 e. The molecule has 24 heavy (non-hydrogen) atoms. The summed E-state index contributed by atoms with van der Waals surface area (Å²) in [6, 6.07) is 14.9. The van der Waals surface area contributed by atoms with Crippen LogP contribution < -0.4 is 5.56 Å². The van der Waals surface area contributed by atoms with Crippen LogP contribution in [0.5, 0.6) is 0 Å². The van der Waals surface area contributed by atoms with Gasteiger partial charge in [0.25, 0.3) is 5.56 Å². The van der Waals surface area contributed by atoms with E-state index in [-0.39, 0.29) is 17.3 Å². The van der Waals surface area contributed by atoms with Crippen LogP contribution in [-0.2, 0) is 9.53 Å². The van der Waals surface area contributed by atoms with E-state index in [4.69, 9.17) is 11.6 Å². The molecular formula is C18H14ClNO3S. The van der Waals surface area contributed by atoms with Gasteiger partial charge in [-0.25, -0.2) is 0 Å². The van der Waals surface area contributed by atoms with Crippen LogP contribution in [0.2, 0.25) is 5.02 Å². The van der Waals surface area contributed by atoms with Gasteiger partial charge in [-0.3, -0.25) is 9.59 Å². The lowest BCUT2D eigenvalue weighted by Crippen LogP contribution is -2.13. The second-order valence-corrected chi connectivity index (χ2v) is 6.50. The van der Waals surface area contributed by atoms with Gasteiger partial charge in [0.1, 0.15) is 0 Å². The minimum atomic E-state index is -0.385. The number of benzene rings is 2. The van der Waals surface area contributed by atoms with Crippen molar-refractivity contribution >= 4 is 40.2 Å². The molecule has 0 fully saturated rings. The zero-order valence-electron chi connectivity index (χ0n) is 12.8. The number of aromatic amines is 1. The highest BCUT2D eigenvalue weighted by Gasteiger charge is 2.16. The quantitative estimate of drug-likeness (QED) is 0.562. The summed E-state index contributed by atoms with van der Waals surface area (Å²) in [5, 5.41) is 1.41. The van der Waals surface area contributed by atoms with Crippen LogP contribution in [0.4, 0.5) is 0 Å². The maximum Gasteiger partial charge on any atom is 0.315 e. The number of rotatable bonds is 4. The SMILES string of the molecule is COC(=O)CSc1c(-c2ccccc2)c2cc(Cl)ccc2[nH]c1=O. The Morgan fingerprint density at radius 2 is 1.96 bits per heavy atom. The molecule has 0 saturated carbocycles. The Morgan fingerprint density at radius 3 is 2.67 bits per heavy atom. The molecule has 0 amide bonds. The summed E-state index contributed by atoms with van der Waals surface area (Å²) in [5.41, 5.74) is 2.12. The van der Waals surface area contributed by atoms with Crippen LogP contribution in [0.15, 0.2) is 58.2 Å². The van der Waals surface area contributed by atoms with Crippen molar-refractivity contribution in [3.63, 3.8) is 0 Å². The van der Waals surface area contributed by atoms with Crippen LogP contribution in [0.25, 0.3) is 22.0 Å². The van der Waals surface area contributed by atoms with Crippen molar-refractivity contribution in [3.8, 4) is 11.1 Å². The number of nitrogens with one attached hydrogen (secondary N) is 1. The molecule has 3 rings (SSSR count). The first-order valence-electron chi connectivity index (χ1n) is 7.20. The van der Waals surface area contributed by atoms with Crippen molar-refractivity contribution in [2.24, 2.45) is 0 Å². The highest BCUT2D eigenvalue weighted by molar-refractivity contribution is 8.00. The third-order valence-corrected chi connectivity index (χ3v) is 4.85. The van der Waals surface area contributed by atoms with Gasteiger partial charge < -0.3 is 9.72 Å². The molecule has 0 aliphatic carbocycles. The number of carbonyl (C=O) groups is 1. The number of pyridine rings is 1. The maximum absolute atomic E-state index is 12.6. The minimum Gasteiger partial charge on any atom is -0.468 e. The topological polar surface area (TPSA) is 59.2 Å². The second kappa shape index (κ2) is 7.11. The predicted molar refractivity (Wildman–Crippen MR) is 97.8 cm³/mol. The number of methoxy groups -OCH3 is 1. The Bertz CT molecular complexity index is 954. The van der Waals surface area contributed by atoms with Gasteiger partial charge >= 0.3 is 5.97 Å². The van der Waals surface area contributed by atoms with Crippen LogP contribution in [0.1, 0.15) is 0 Å². The largest absolute Gasteiger partial charge is 0.468 e. The van der Waals surface area contributed by atoms with E-state index >= 15 is 0 Å². The number of carbonyl (C=O) groups excluding carboxylic acids is 1. The summed E-state index contributed by atoms with van der Waals surface area (Å²) in [6.45, 7) is 0. The van der Waals surface area contributed by atoms with Crippen LogP contribution in [-0.4, -0.2) is 23.8 Å². The molecule has 0 aliphatic rings. The monoisotopic (exact) mass is 359 g/mol. The molecule has 6 heteroatoms. The molecule has 1 aromatic heterocycles. The fraction of sp³-hybridized carbons (Fsp3) is 0.111. The van der Waals surface area contributed by atoms with Gasteiger partial charge in [0.05, 0.1) is 17.8 Å². The average molecular weight is 360 g/mol. The molecule has 0 radical (unpaired) electrons. The number of ether oxygens (including phenoxy) is 1. The van der Waals surface area contributed by atoms with Gasteiger partial charge in [-0.15, -0.1) is 11.8 Å². The molecule has 3 aromatic rings. The van der Waals surface area contributed by atoms with Crippen molar-refractivity contribution in [1.82, 2.24) is 4.98 Å². The van der Waals surface area contributed by atoms with Crippen molar-refractivity contribution in [2.45, 2.75) is 4.90 Å². The summed E-state index contributed by atoms with van der Waals surface area (Å²) in [6.07, 6.45) is 0. The third-order valence-electron chi connectivity index (χ3n) is 3.56. The molecule has 4 nitrogen and oxygen atoms in total. The van der Waals surface area contributed by atoms with Gasteiger partial charge in [0.2, 0.25) is 0 Å². The van der Waals surface area contributed by atoms with Gasteiger partial charge in [0.15, 0.2) is 0 Å². The Labute approximate surface area is 147 Å². The molecule has 1 N–H and O–H groups in total. The fourth-order valence-electron chi connectivity index (χ4n) is 2.47. The molecule has 0 atom stereocenters. The summed E-state index contributed by atoms with van der Waals surface area (Å²) < 4.78 is 4.67. The van der Waals surface area contributed by atoms with Gasteiger partial charge in [-0.05, 0) is 23.8 Å². The number of hydrogen-bond donors (Lipinski definition) is 1. The highest BCUT2D eigenvalue weighted by atomic mass is 35.5. The molecule has 2 aromatic carbocycles. The van der Waals surface area contributed by atoms with Crippen LogP contribution in [0.3, 0.4) is 0 Å². The van der Waals surface area contributed by atoms with E-state index in [0.717, 1.165) is 28.3 Å². The lowest BCUT2D eigenvalue weighted by molar-refractivity contribution is -0.137. The van der Waals surface area contributed by atoms with Gasteiger partial charge in [0, 0.05) is 21.5 Å². The number of hydrogen-bond acceptors (Lipinski definition) is 4. The van der Waals surface area contributed by atoms with E-state index < -0.39 is 0 Å². The molecule has 122 valence electrons. The van der Waals surface area contributed by atoms with Crippen molar-refractivity contribution in [3.05, 3.63) is 63.9 Å². The van der Waals surface area contributed by atoms with E-state index in [1.165, 1.54) is 7.11 Å². The molecule has 1 heterocycles. The van der Waals surface area contributed by atoms with E-state index in [1.807, 2.05) is 36.4 Å². The number of H-pyrrole nitrogens is 1. The van der Waals surface area contributed by atoms with Gasteiger partial charge in [-0.1, -0.05) is 41.9 Å². The molecule has 0 spiro atoms. The first kappa shape index (κ1) is 16.6. The number of aromatic nitrogens is 1. The Kier molecular flexibility index (Phi) is 4.92. The standard InChI is InChI=1S/C18H14ClNO3S/c1-23-15(21)10-24-17-16(11-5-3-2-4-6-11)13-9-12(19)7-8-14(13)20-18(17)22/h2-9H,10H2,1H3,(H,20,22). The van der Waals surface area contributed by atoms with Gasteiger partial charge in [-0.2, -0.15) is 0 Å². The lowest BCUT2D eigenvalue weighted by atomic mass is 10.0. The van der Waals surface area contributed by atoms with E-state index in [0.29, 0.717) is 15.4 Å². The van der Waals surface area contributed by atoms with Crippen molar-refractivity contribution < 1.29 is 9.53 Å². The average Bonchev–Trinajstić information content (AvgIpc) is 2.60. The fourth-order valence-corrected chi connectivity index (χ4v) is 3.57. The highest BCUT2D eigenvalue weighted by Crippen LogP contribution is 2.35. The van der Waals surface area contributed by atoms with Crippen LogP contribution >= 0.6 is 23.4 Å². The second-order valence-electron chi connectivity index (χ2n) is 5.08. The Morgan fingerprint density at radius 1 is 1.21 bits per heavy atom.